The lowest BCUT2D eigenvalue weighted by atomic mass is 9.90. The highest BCUT2D eigenvalue weighted by Gasteiger charge is 2.73. The third-order valence-electron chi connectivity index (χ3n) is 7.06. The first-order valence-corrected chi connectivity index (χ1v) is 14.4. The van der Waals surface area contributed by atoms with Gasteiger partial charge in [-0.2, -0.15) is 21.0 Å². The highest BCUT2D eigenvalue weighted by Crippen LogP contribution is 2.50. The predicted octanol–water partition coefficient (Wildman–Crippen LogP) is 1.53. The number of ketones is 1. The molecular weight excluding hydrogens is 552 g/mol. The Kier molecular flexibility index (Phi) is 6.45. The monoisotopic (exact) mass is 573 g/mol. The highest BCUT2D eigenvalue weighted by molar-refractivity contribution is 7.87. The van der Waals surface area contributed by atoms with Gasteiger partial charge in [0.2, 0.25) is 0 Å². The Morgan fingerprint density at radius 3 is 1.82 bits per heavy atom. The van der Waals surface area contributed by atoms with E-state index in [1.165, 1.54) is 60.7 Å². The van der Waals surface area contributed by atoms with Crippen molar-refractivity contribution in [1.82, 2.24) is 5.06 Å². The van der Waals surface area contributed by atoms with E-state index in [2.05, 4.69) is 13.2 Å². The van der Waals surface area contributed by atoms with Crippen LogP contribution in [-0.2, 0) is 43.1 Å². The second-order valence-corrected chi connectivity index (χ2v) is 12.3. The van der Waals surface area contributed by atoms with Gasteiger partial charge in [0.05, 0.1) is 21.6 Å². The molecule has 5 atom stereocenters. The number of benzene rings is 2. The molecule has 3 fully saturated rings. The van der Waals surface area contributed by atoms with E-state index in [0.29, 0.717) is 11.1 Å². The van der Waals surface area contributed by atoms with Crippen LogP contribution in [0.25, 0.3) is 12.2 Å². The Hall–Kier alpha value is -3.85. The van der Waals surface area contributed by atoms with Crippen LogP contribution in [0, 0.1) is 28.6 Å². The molecule has 202 valence electrons. The molecule has 0 radical (unpaired) electrons. The molecule has 2 aromatic rings. The highest BCUT2D eigenvalue weighted by atomic mass is 32.2. The van der Waals surface area contributed by atoms with Crippen molar-refractivity contribution >= 4 is 50.0 Å². The minimum Gasteiger partial charge on any atom is -0.298 e. The fourth-order valence-corrected chi connectivity index (χ4v) is 7.11. The van der Waals surface area contributed by atoms with E-state index in [4.69, 9.17) is 8.47 Å². The third-order valence-corrected chi connectivity index (χ3v) is 9.55. The van der Waals surface area contributed by atoms with Crippen molar-refractivity contribution in [2.75, 3.05) is 6.54 Å². The average Bonchev–Trinajstić information content (AvgIpc) is 3.47. The summed E-state index contributed by atoms with van der Waals surface area (Å²) in [6.45, 7) is 6.65. The van der Waals surface area contributed by atoms with Gasteiger partial charge in [0, 0.05) is 9.67 Å². The summed E-state index contributed by atoms with van der Waals surface area (Å²) in [5, 5.41) is 0.0292. The van der Waals surface area contributed by atoms with E-state index >= 15 is 0 Å². The van der Waals surface area contributed by atoms with Crippen molar-refractivity contribution in [1.29, 1.82) is 0 Å². The molecular formula is C25H21N2O10S2+. The molecule has 1 aliphatic carbocycles. The minimum atomic E-state index is -4.63. The van der Waals surface area contributed by atoms with Crippen molar-refractivity contribution in [2.45, 2.75) is 16.0 Å². The van der Waals surface area contributed by atoms with Crippen LogP contribution in [0.5, 0.6) is 0 Å². The van der Waals surface area contributed by atoms with Crippen LogP contribution >= 0.6 is 0 Å². The molecule has 0 aromatic heterocycles. The van der Waals surface area contributed by atoms with Gasteiger partial charge in [-0.15, -0.1) is 9.35 Å². The normalized spacial score (nSPS) is 26.6. The molecule has 0 N–H and O–H groups in total. The van der Waals surface area contributed by atoms with Gasteiger partial charge >= 0.3 is 26.5 Å². The molecule has 39 heavy (non-hydrogen) atoms. The number of hydrogen-bond acceptors (Lipinski definition) is 10. The number of fused-ring (bicyclic) bond motifs is 3. The average molecular weight is 574 g/mol. The number of imide groups is 1. The summed E-state index contributed by atoms with van der Waals surface area (Å²) in [5.41, 5.74) is 1.25. The second kappa shape index (κ2) is 9.41. The van der Waals surface area contributed by atoms with Crippen LogP contribution in [-0.4, -0.2) is 57.0 Å². The topological polar surface area (TPSA) is 161 Å². The number of hydrogen-bond donors (Lipinski definition) is 0. The standard InChI is InChI=1S/C25H21N2O10S2/c1-3-14-5-9-16(10-6-14)38(32,33)36-25-20-18(13-26(25)31)19-21(22(20)28)24(30)27(23(19)29)37-39(34,35)17-11-7-15(4-2)8-12-17/h3-12,18-21,25H,1-2,13H2/q+1. The third kappa shape index (κ3) is 4.34. The van der Waals surface area contributed by atoms with E-state index in [-0.39, 0.29) is 19.6 Å². The SMILES string of the molecule is C=Cc1ccc(S(=O)(=O)OC2C3C(=O)C4C(=O)N(OS(=O)(=O)c5ccc(C=C)cc5)C(=O)C4C3C[N+]2=O)cc1. The number of rotatable bonds is 8. The summed E-state index contributed by atoms with van der Waals surface area (Å²) in [5.74, 6) is -8.78. The lowest BCUT2D eigenvalue weighted by Crippen LogP contribution is -2.39. The Morgan fingerprint density at radius 1 is 0.795 bits per heavy atom. The molecule has 0 spiro atoms. The first-order chi connectivity index (χ1) is 18.4. The van der Waals surface area contributed by atoms with Crippen molar-refractivity contribution in [3.63, 3.8) is 0 Å². The van der Waals surface area contributed by atoms with E-state index < -0.39 is 74.3 Å². The van der Waals surface area contributed by atoms with Gasteiger partial charge in [0.25, 0.3) is 11.8 Å². The number of amides is 2. The van der Waals surface area contributed by atoms with Gasteiger partial charge < -0.3 is 0 Å². The van der Waals surface area contributed by atoms with E-state index in [1.807, 2.05) is 0 Å². The van der Waals surface area contributed by atoms with Crippen molar-refractivity contribution < 1.29 is 44.4 Å². The molecule has 2 heterocycles. The summed E-state index contributed by atoms with van der Waals surface area (Å²) >= 11 is 0. The maximum atomic E-state index is 13.3. The van der Waals surface area contributed by atoms with Gasteiger partial charge in [0.15, 0.2) is 12.3 Å². The smallest absolute Gasteiger partial charge is 0.298 e. The largest absolute Gasteiger partial charge is 0.329 e. The summed E-state index contributed by atoms with van der Waals surface area (Å²) in [6, 6.07) is 10.7. The fraction of sp³-hybridized carbons (Fsp3) is 0.240. The van der Waals surface area contributed by atoms with E-state index in [0.717, 1.165) is 0 Å². The molecule has 2 aromatic carbocycles. The molecule has 1 saturated carbocycles. The maximum absolute atomic E-state index is 13.3. The zero-order valence-corrected chi connectivity index (χ0v) is 21.7. The van der Waals surface area contributed by atoms with Crippen LogP contribution in [0.15, 0.2) is 71.5 Å². The summed E-state index contributed by atoms with van der Waals surface area (Å²) in [4.78, 5) is 51.5. The Balaban J connectivity index is 1.37. The summed E-state index contributed by atoms with van der Waals surface area (Å²) in [7, 11) is -9.13. The first kappa shape index (κ1) is 26.7. The van der Waals surface area contributed by atoms with Crippen LogP contribution in [0.2, 0.25) is 0 Å². The number of nitrogens with zero attached hydrogens (tertiary/aromatic N) is 2. The summed E-state index contributed by atoms with van der Waals surface area (Å²) in [6.07, 6.45) is 1.17. The zero-order valence-electron chi connectivity index (χ0n) is 20.1. The number of hydroxylamine groups is 2. The lowest BCUT2D eigenvalue weighted by molar-refractivity contribution is -0.603. The Bertz CT molecular complexity index is 1650. The lowest BCUT2D eigenvalue weighted by Gasteiger charge is -2.17. The predicted molar refractivity (Wildman–Crippen MR) is 133 cm³/mol. The maximum Gasteiger partial charge on any atom is 0.329 e. The molecule has 12 nitrogen and oxygen atoms in total. The number of nitroso groups, excluding NO2 is 1. The van der Waals surface area contributed by atoms with Gasteiger partial charge in [-0.25, -0.2) is 0 Å². The molecule has 5 rings (SSSR count). The van der Waals surface area contributed by atoms with Crippen LogP contribution in [0.1, 0.15) is 11.1 Å². The molecule has 14 heteroatoms. The molecule has 2 amide bonds. The van der Waals surface area contributed by atoms with E-state index in [1.54, 1.807) is 0 Å². The first-order valence-electron chi connectivity index (χ1n) is 11.6. The number of carbonyl (C=O) groups is 3. The van der Waals surface area contributed by atoms with Crippen LogP contribution < -0.4 is 0 Å². The quantitative estimate of drug-likeness (QED) is 0.196. The Morgan fingerprint density at radius 2 is 1.31 bits per heavy atom. The van der Waals surface area contributed by atoms with Crippen molar-refractivity contribution in [3.8, 4) is 0 Å². The van der Waals surface area contributed by atoms with E-state index in [9.17, 15) is 36.1 Å². The molecule has 2 saturated heterocycles. The molecule has 3 aliphatic rings. The summed E-state index contributed by atoms with van der Waals surface area (Å²) < 4.78 is 61.3. The zero-order chi connectivity index (χ0) is 28.3. The van der Waals surface area contributed by atoms with Crippen LogP contribution in [0.3, 0.4) is 0 Å². The molecule has 5 unspecified atom stereocenters. The van der Waals surface area contributed by atoms with Crippen molar-refractivity contribution in [3.05, 3.63) is 77.7 Å². The van der Waals surface area contributed by atoms with Crippen molar-refractivity contribution in [2.24, 2.45) is 23.7 Å². The number of Topliss-reactive ketones (excluding diaryl/α,β-unsaturated/α-hetero) is 1. The second-order valence-electron chi connectivity index (χ2n) is 9.18. The molecule has 0 bridgehead atoms. The van der Waals surface area contributed by atoms with Gasteiger partial charge in [-0.1, -0.05) is 49.6 Å². The fourth-order valence-electron chi connectivity index (χ4n) is 5.16. The molecule has 2 aliphatic heterocycles. The minimum absolute atomic E-state index is 0.0292. The van der Waals surface area contributed by atoms with Gasteiger partial charge in [0.1, 0.15) is 11.8 Å². The number of carbonyl (C=O) groups excluding carboxylic acids is 3. The Labute approximate surface area is 223 Å². The van der Waals surface area contributed by atoms with Crippen LogP contribution in [0.4, 0.5) is 0 Å². The van der Waals surface area contributed by atoms with Gasteiger partial charge in [-0.05, 0) is 35.4 Å². The van der Waals surface area contributed by atoms with Gasteiger partial charge in [-0.3, -0.25) is 14.4 Å².